The number of alkyl halides is 2. The predicted molar refractivity (Wildman–Crippen MR) is 139 cm³/mol. The van der Waals surface area contributed by atoms with Gasteiger partial charge in [-0.2, -0.15) is 13.2 Å². The number of ether oxygens (including phenoxy) is 1. The van der Waals surface area contributed by atoms with Gasteiger partial charge in [-0.3, -0.25) is 9.20 Å². The first-order chi connectivity index (χ1) is 18.8. The standard InChI is InChI=1S/C27H28F4N6O2/c1-2-16-14-17(6-7-18(16)26(38)34-11-5-3-4-10-32)36-24-25-35-15-20(37(25)13-12-33-24)19-8-9-21(39-27(30)31)23(29)22(19)28/h6-9,12-15,27H,2-5,10-11,32H2,1H3,(H,33,36)(H,34,38). The zero-order valence-electron chi connectivity index (χ0n) is 21.2. The summed E-state index contributed by atoms with van der Waals surface area (Å²) >= 11 is 0. The van der Waals surface area contributed by atoms with Crippen molar-refractivity contribution in [1.29, 1.82) is 0 Å². The molecule has 1 amide bonds. The highest BCUT2D eigenvalue weighted by molar-refractivity contribution is 5.96. The van der Waals surface area contributed by atoms with Gasteiger partial charge in [0.25, 0.3) is 5.91 Å². The van der Waals surface area contributed by atoms with Crippen LogP contribution >= 0.6 is 0 Å². The topological polar surface area (TPSA) is 107 Å². The van der Waals surface area contributed by atoms with E-state index in [0.29, 0.717) is 42.2 Å². The molecule has 39 heavy (non-hydrogen) atoms. The van der Waals surface area contributed by atoms with E-state index in [0.717, 1.165) is 37.0 Å². The smallest absolute Gasteiger partial charge is 0.387 e. The number of rotatable bonds is 12. The quantitative estimate of drug-likeness (QED) is 0.162. The van der Waals surface area contributed by atoms with Crippen LogP contribution in [0.1, 0.15) is 42.1 Å². The second-order valence-corrected chi connectivity index (χ2v) is 8.69. The summed E-state index contributed by atoms with van der Waals surface area (Å²) in [6, 6.07) is 7.39. The van der Waals surface area contributed by atoms with Crippen LogP contribution in [0.15, 0.2) is 48.9 Å². The maximum Gasteiger partial charge on any atom is 0.387 e. The number of fused-ring (bicyclic) bond motifs is 1. The van der Waals surface area contributed by atoms with Gasteiger partial charge in [-0.15, -0.1) is 0 Å². The molecule has 206 valence electrons. The van der Waals surface area contributed by atoms with Gasteiger partial charge in [-0.25, -0.2) is 14.4 Å². The fourth-order valence-corrected chi connectivity index (χ4v) is 4.19. The molecule has 0 spiro atoms. The Morgan fingerprint density at radius 3 is 2.67 bits per heavy atom. The van der Waals surface area contributed by atoms with Crippen molar-refractivity contribution in [3.8, 4) is 17.0 Å². The van der Waals surface area contributed by atoms with Crippen molar-refractivity contribution in [3.63, 3.8) is 0 Å². The van der Waals surface area contributed by atoms with Crippen LogP contribution in [0.3, 0.4) is 0 Å². The highest BCUT2D eigenvalue weighted by Crippen LogP contribution is 2.32. The van der Waals surface area contributed by atoms with Crippen LogP contribution in [-0.2, 0) is 6.42 Å². The van der Waals surface area contributed by atoms with E-state index in [4.69, 9.17) is 5.73 Å². The Morgan fingerprint density at radius 1 is 1.10 bits per heavy atom. The van der Waals surface area contributed by atoms with Crippen LogP contribution in [0.4, 0.5) is 29.1 Å². The zero-order chi connectivity index (χ0) is 27.9. The van der Waals surface area contributed by atoms with E-state index in [1.54, 1.807) is 12.1 Å². The predicted octanol–water partition coefficient (Wildman–Crippen LogP) is 5.44. The Labute approximate surface area is 222 Å². The molecular weight excluding hydrogens is 516 g/mol. The second-order valence-electron chi connectivity index (χ2n) is 8.69. The molecule has 12 heteroatoms. The van der Waals surface area contributed by atoms with Crippen LogP contribution in [0.25, 0.3) is 16.9 Å². The van der Waals surface area contributed by atoms with Gasteiger partial charge in [0.05, 0.1) is 11.9 Å². The molecule has 0 unspecified atom stereocenters. The van der Waals surface area contributed by atoms with Gasteiger partial charge in [-0.1, -0.05) is 13.3 Å². The lowest BCUT2D eigenvalue weighted by Crippen LogP contribution is -2.25. The monoisotopic (exact) mass is 544 g/mol. The highest BCUT2D eigenvalue weighted by Gasteiger charge is 2.21. The van der Waals surface area contributed by atoms with Crippen molar-refractivity contribution in [2.45, 2.75) is 39.2 Å². The number of anilines is 2. The first-order valence-electron chi connectivity index (χ1n) is 12.5. The normalized spacial score (nSPS) is 11.3. The Bertz CT molecular complexity index is 1460. The first kappa shape index (κ1) is 27.8. The minimum absolute atomic E-state index is 0.150. The summed E-state index contributed by atoms with van der Waals surface area (Å²) in [7, 11) is 0. The van der Waals surface area contributed by atoms with Crippen LogP contribution in [0, 0.1) is 11.6 Å². The number of hydrogen-bond donors (Lipinski definition) is 3. The lowest BCUT2D eigenvalue weighted by Gasteiger charge is -2.13. The average Bonchev–Trinajstić information content (AvgIpc) is 3.36. The van der Waals surface area contributed by atoms with E-state index in [1.165, 1.54) is 23.0 Å². The molecule has 4 aromatic rings. The number of aryl methyl sites for hydroxylation is 1. The number of hydrogen-bond acceptors (Lipinski definition) is 6. The molecule has 8 nitrogen and oxygen atoms in total. The van der Waals surface area contributed by atoms with Crippen molar-refractivity contribution >= 4 is 23.1 Å². The van der Waals surface area contributed by atoms with Crippen LogP contribution < -0.4 is 21.1 Å². The molecule has 0 saturated heterocycles. The number of nitrogens with one attached hydrogen (secondary N) is 2. The molecule has 0 bridgehead atoms. The summed E-state index contributed by atoms with van der Waals surface area (Å²) < 4.78 is 59.6. The number of unbranched alkanes of at least 4 members (excludes halogenated alkanes) is 2. The minimum atomic E-state index is -3.29. The van der Waals surface area contributed by atoms with Crippen molar-refractivity contribution in [3.05, 3.63) is 71.7 Å². The summed E-state index contributed by atoms with van der Waals surface area (Å²) in [4.78, 5) is 21.3. The number of nitrogens with zero attached hydrogens (tertiary/aromatic N) is 3. The van der Waals surface area contributed by atoms with Crippen molar-refractivity contribution < 1.29 is 27.1 Å². The zero-order valence-corrected chi connectivity index (χ0v) is 21.2. The van der Waals surface area contributed by atoms with E-state index in [1.807, 2.05) is 13.0 Å². The number of imidazole rings is 1. The van der Waals surface area contributed by atoms with Crippen LogP contribution in [0.5, 0.6) is 5.75 Å². The summed E-state index contributed by atoms with van der Waals surface area (Å²) in [5.74, 6) is -3.58. The van der Waals surface area contributed by atoms with Crippen molar-refractivity contribution in [2.75, 3.05) is 18.4 Å². The van der Waals surface area contributed by atoms with Gasteiger partial charge in [0.1, 0.15) is 0 Å². The highest BCUT2D eigenvalue weighted by atomic mass is 19.3. The number of nitrogens with two attached hydrogens (primary N) is 1. The Morgan fingerprint density at radius 2 is 1.92 bits per heavy atom. The molecule has 2 aromatic carbocycles. The third kappa shape index (κ3) is 6.28. The van der Waals surface area contributed by atoms with Gasteiger partial charge < -0.3 is 21.1 Å². The SMILES string of the molecule is CCc1cc(Nc2nccn3c(-c4ccc(OC(F)F)c(F)c4F)cnc23)ccc1C(=O)NCCCCCN. The Hall–Kier alpha value is -4.19. The number of carbonyl (C=O) groups excluding carboxylic acids is 1. The summed E-state index contributed by atoms with van der Waals surface area (Å²) in [6.07, 6.45) is 7.64. The lowest BCUT2D eigenvalue weighted by molar-refractivity contribution is -0.0525. The maximum absolute atomic E-state index is 14.8. The van der Waals surface area contributed by atoms with Crippen molar-refractivity contribution in [1.82, 2.24) is 19.7 Å². The molecule has 2 aromatic heterocycles. The molecule has 0 aliphatic rings. The number of halogens is 4. The summed E-state index contributed by atoms with van der Waals surface area (Å²) in [6.45, 7) is -0.138. The third-order valence-corrected chi connectivity index (χ3v) is 6.13. The minimum Gasteiger partial charge on any atom is -0.432 e. The largest absolute Gasteiger partial charge is 0.432 e. The van der Waals surface area contributed by atoms with Crippen LogP contribution in [-0.4, -0.2) is 40.0 Å². The molecule has 0 radical (unpaired) electrons. The van der Waals surface area contributed by atoms with E-state index < -0.39 is 24.0 Å². The summed E-state index contributed by atoms with van der Waals surface area (Å²) in [5, 5.41) is 6.10. The molecular formula is C27H28F4N6O2. The van der Waals surface area contributed by atoms with Gasteiger partial charge in [0.2, 0.25) is 5.82 Å². The maximum atomic E-state index is 14.8. The van der Waals surface area contributed by atoms with E-state index >= 15 is 0 Å². The van der Waals surface area contributed by atoms with Gasteiger partial charge in [-0.05, 0) is 61.7 Å². The number of carbonyl (C=O) groups is 1. The fourth-order valence-electron chi connectivity index (χ4n) is 4.19. The number of amides is 1. The molecule has 2 heterocycles. The van der Waals surface area contributed by atoms with E-state index in [9.17, 15) is 22.4 Å². The van der Waals surface area contributed by atoms with Gasteiger partial charge in [0.15, 0.2) is 23.0 Å². The van der Waals surface area contributed by atoms with Crippen molar-refractivity contribution in [2.24, 2.45) is 5.73 Å². The number of aromatic nitrogens is 3. The fraction of sp³-hybridized carbons (Fsp3) is 0.296. The molecule has 0 atom stereocenters. The first-order valence-corrected chi connectivity index (χ1v) is 12.5. The Balaban J connectivity index is 1.57. The molecule has 4 rings (SSSR count). The molecule has 0 fully saturated rings. The molecule has 0 aliphatic heterocycles. The lowest BCUT2D eigenvalue weighted by atomic mass is 10.0. The van der Waals surface area contributed by atoms with Gasteiger partial charge >= 0.3 is 6.61 Å². The van der Waals surface area contributed by atoms with E-state index in [-0.39, 0.29) is 17.2 Å². The molecule has 0 saturated carbocycles. The average molecular weight is 545 g/mol. The molecule has 4 N–H and O–H groups in total. The number of benzene rings is 2. The third-order valence-electron chi connectivity index (χ3n) is 6.13. The molecule has 0 aliphatic carbocycles. The second kappa shape index (κ2) is 12.6. The summed E-state index contributed by atoms with van der Waals surface area (Å²) in [5.41, 5.74) is 7.88. The van der Waals surface area contributed by atoms with E-state index in [2.05, 4.69) is 25.3 Å². The van der Waals surface area contributed by atoms with Crippen LogP contribution in [0.2, 0.25) is 0 Å². The van der Waals surface area contributed by atoms with Gasteiger partial charge in [0, 0.05) is 35.8 Å². The Kier molecular flexibility index (Phi) is 8.97.